The molecule has 5 aromatic rings. The molecule has 40 heavy (non-hydrogen) atoms. The fraction of sp³-hybridized carbons (Fsp3) is 0.0938. The molecule has 1 aliphatic heterocycles. The van der Waals surface area contributed by atoms with Crippen molar-refractivity contribution in [2.45, 2.75) is 13.0 Å². The van der Waals surface area contributed by atoms with Crippen LogP contribution in [0.5, 0.6) is 11.5 Å². The predicted octanol–water partition coefficient (Wildman–Crippen LogP) is 4.74. The first-order chi connectivity index (χ1) is 19.4. The molecule has 1 aliphatic rings. The molecule has 1 atom stereocenters. The number of nitrogens with one attached hydrogen (secondary N) is 1. The molecule has 1 amide bonds. The molecule has 0 radical (unpaired) electrons. The molecule has 0 unspecified atom stereocenters. The largest absolute Gasteiger partial charge is 0.507 e. The van der Waals surface area contributed by atoms with Crippen LogP contribution in [0.1, 0.15) is 24.1 Å². The van der Waals surface area contributed by atoms with Gasteiger partial charge in [0.1, 0.15) is 11.5 Å². The van der Waals surface area contributed by atoms with Crippen LogP contribution in [0.3, 0.4) is 0 Å². The van der Waals surface area contributed by atoms with Gasteiger partial charge in [-0.15, -0.1) is 0 Å². The van der Waals surface area contributed by atoms with Gasteiger partial charge >= 0.3 is 0 Å². The van der Waals surface area contributed by atoms with Crippen LogP contribution in [-0.4, -0.2) is 22.7 Å². The third-order valence-corrected chi connectivity index (χ3v) is 7.91. The van der Waals surface area contributed by atoms with Gasteiger partial charge in [0.05, 0.1) is 29.0 Å². The number of fused-ring (bicyclic) bond motifs is 2. The monoisotopic (exact) mass is 547 g/mol. The minimum Gasteiger partial charge on any atom is -0.507 e. The van der Waals surface area contributed by atoms with Crippen LogP contribution in [0.25, 0.3) is 16.8 Å². The number of carbonyl (C=O) groups excluding carboxylic acids is 1. The first-order valence-corrected chi connectivity index (χ1v) is 13.5. The summed E-state index contributed by atoms with van der Waals surface area (Å²) in [5.41, 5.74) is 2.49. The number of amides is 1. The van der Waals surface area contributed by atoms with E-state index in [-0.39, 0.29) is 17.2 Å². The maximum absolute atomic E-state index is 14.1. The summed E-state index contributed by atoms with van der Waals surface area (Å²) in [5.74, 6) is 0.340. The summed E-state index contributed by atoms with van der Waals surface area (Å²) < 4.78 is 7.42. The number of rotatable bonds is 5. The lowest BCUT2D eigenvalue weighted by molar-refractivity contribution is -0.113. The second-order valence-corrected chi connectivity index (χ2v) is 10.4. The number of methoxy groups -OCH3 is 1. The molecule has 198 valence electrons. The van der Waals surface area contributed by atoms with Crippen molar-refractivity contribution < 1.29 is 14.6 Å². The second kappa shape index (κ2) is 10.3. The fourth-order valence-electron chi connectivity index (χ4n) is 5.03. The van der Waals surface area contributed by atoms with E-state index in [0.717, 1.165) is 10.8 Å². The normalized spacial score (nSPS) is 15.1. The van der Waals surface area contributed by atoms with Crippen molar-refractivity contribution in [3.63, 3.8) is 0 Å². The second-order valence-electron chi connectivity index (χ2n) is 9.40. The minimum atomic E-state index is -0.738. The number of anilines is 1. The summed E-state index contributed by atoms with van der Waals surface area (Å²) in [7, 11) is 1.57. The molecule has 0 aliphatic carbocycles. The van der Waals surface area contributed by atoms with Crippen LogP contribution in [0.4, 0.5) is 5.69 Å². The molecule has 0 saturated heterocycles. The lowest BCUT2D eigenvalue weighted by Gasteiger charge is -2.25. The highest BCUT2D eigenvalue weighted by atomic mass is 32.1. The summed E-state index contributed by atoms with van der Waals surface area (Å²) in [6.07, 6.45) is 1.70. The van der Waals surface area contributed by atoms with Crippen molar-refractivity contribution in [3.8, 4) is 11.5 Å². The van der Waals surface area contributed by atoms with E-state index in [1.54, 1.807) is 42.9 Å². The highest BCUT2D eigenvalue weighted by molar-refractivity contribution is 7.07. The standard InChI is InChI=1S/C32H25N3O4S/c1-19-28(30(37)34-22-11-4-3-5-12-22)29(21-10-8-13-23(17-21)39-2)35-31(38)27(40-32(35)33-19)18-25-24-14-7-6-9-20(24)15-16-26(25)36/h3-18,29,36H,1-2H3,(H,34,37)/b27-18-/t29-/m0/s1. The van der Waals surface area contributed by atoms with Crippen molar-refractivity contribution in [2.24, 2.45) is 4.99 Å². The van der Waals surface area contributed by atoms with Crippen molar-refractivity contribution in [3.05, 3.63) is 133 Å². The summed E-state index contributed by atoms with van der Waals surface area (Å²) >= 11 is 1.22. The van der Waals surface area contributed by atoms with Crippen molar-refractivity contribution in [2.75, 3.05) is 12.4 Å². The first kappa shape index (κ1) is 25.3. The van der Waals surface area contributed by atoms with Gasteiger partial charge in [-0.25, -0.2) is 4.99 Å². The molecule has 0 saturated carbocycles. The number of para-hydroxylation sites is 1. The Kier molecular flexibility index (Phi) is 6.53. The highest BCUT2D eigenvalue weighted by Crippen LogP contribution is 2.33. The van der Waals surface area contributed by atoms with Gasteiger partial charge in [-0.05, 0) is 59.7 Å². The predicted molar refractivity (Wildman–Crippen MR) is 157 cm³/mol. The topological polar surface area (TPSA) is 92.9 Å². The number of hydrogen-bond donors (Lipinski definition) is 2. The van der Waals surface area contributed by atoms with E-state index < -0.39 is 6.04 Å². The average Bonchev–Trinajstić information content (AvgIpc) is 3.28. The number of thiazole rings is 1. The van der Waals surface area contributed by atoms with E-state index in [9.17, 15) is 14.7 Å². The number of benzene rings is 4. The third kappa shape index (κ3) is 4.48. The van der Waals surface area contributed by atoms with Crippen LogP contribution in [0.15, 0.2) is 112 Å². The van der Waals surface area contributed by atoms with Gasteiger partial charge < -0.3 is 15.2 Å². The van der Waals surface area contributed by atoms with E-state index in [1.807, 2.05) is 72.8 Å². The Morgan fingerprint density at radius 3 is 2.60 bits per heavy atom. The zero-order chi connectivity index (χ0) is 27.8. The van der Waals surface area contributed by atoms with E-state index in [1.165, 1.54) is 11.3 Å². The maximum Gasteiger partial charge on any atom is 0.271 e. The van der Waals surface area contributed by atoms with Crippen LogP contribution in [0, 0.1) is 0 Å². The third-order valence-electron chi connectivity index (χ3n) is 6.93. The maximum atomic E-state index is 14.1. The van der Waals surface area contributed by atoms with Gasteiger partial charge in [0.15, 0.2) is 4.80 Å². The molecule has 6 rings (SSSR count). The number of nitrogens with zero attached hydrogens (tertiary/aromatic N) is 2. The van der Waals surface area contributed by atoms with Crippen LogP contribution in [-0.2, 0) is 4.79 Å². The van der Waals surface area contributed by atoms with Crippen molar-refractivity contribution >= 4 is 39.8 Å². The van der Waals surface area contributed by atoms with E-state index in [0.29, 0.717) is 43.2 Å². The van der Waals surface area contributed by atoms with Gasteiger partial charge in [-0.1, -0.05) is 72.0 Å². The smallest absolute Gasteiger partial charge is 0.271 e. The molecule has 0 spiro atoms. The Balaban J connectivity index is 1.56. The number of carbonyl (C=O) groups is 1. The quantitative estimate of drug-likeness (QED) is 0.333. The number of phenols is 1. The first-order valence-electron chi connectivity index (χ1n) is 12.7. The average molecular weight is 548 g/mol. The Morgan fingerprint density at radius 2 is 1.80 bits per heavy atom. The molecule has 0 bridgehead atoms. The van der Waals surface area contributed by atoms with E-state index >= 15 is 0 Å². The zero-order valence-electron chi connectivity index (χ0n) is 21.8. The minimum absolute atomic E-state index is 0.0768. The SMILES string of the molecule is COc1cccc([C@H]2C(C(=O)Nc3ccccc3)=C(C)N=c3s/c(=C\c4c(O)ccc5ccccc45)c(=O)n32)c1. The molecule has 7 nitrogen and oxygen atoms in total. The Labute approximate surface area is 233 Å². The lowest BCUT2D eigenvalue weighted by Crippen LogP contribution is -2.40. The number of aromatic nitrogens is 1. The van der Waals surface area contributed by atoms with Gasteiger partial charge in [0.2, 0.25) is 0 Å². The Morgan fingerprint density at radius 1 is 1.02 bits per heavy atom. The fourth-order valence-corrected chi connectivity index (χ4v) is 6.05. The van der Waals surface area contributed by atoms with E-state index in [2.05, 4.69) is 5.32 Å². The highest BCUT2D eigenvalue weighted by Gasteiger charge is 2.32. The molecule has 8 heteroatoms. The number of aromatic hydroxyl groups is 1. The summed E-state index contributed by atoms with van der Waals surface area (Å²) in [4.78, 5) is 32.9. The molecular weight excluding hydrogens is 522 g/mol. The van der Waals surface area contributed by atoms with Gasteiger partial charge in [-0.2, -0.15) is 0 Å². The number of ether oxygens (including phenoxy) is 1. The number of hydrogen-bond acceptors (Lipinski definition) is 6. The number of allylic oxidation sites excluding steroid dienone is 1. The number of phenolic OH excluding ortho intramolecular Hbond substituents is 1. The Bertz CT molecular complexity index is 1990. The summed E-state index contributed by atoms with van der Waals surface area (Å²) in [6.45, 7) is 1.78. The summed E-state index contributed by atoms with van der Waals surface area (Å²) in [6, 6.07) is 26.9. The molecule has 0 fully saturated rings. The van der Waals surface area contributed by atoms with Crippen LogP contribution in [0.2, 0.25) is 0 Å². The Hall–Kier alpha value is -4.95. The molecular formula is C32H25N3O4S. The van der Waals surface area contributed by atoms with Crippen molar-refractivity contribution in [1.29, 1.82) is 0 Å². The van der Waals surface area contributed by atoms with Crippen LogP contribution >= 0.6 is 11.3 Å². The lowest BCUT2D eigenvalue weighted by atomic mass is 9.95. The summed E-state index contributed by atoms with van der Waals surface area (Å²) in [5, 5.41) is 15.4. The molecule has 4 aromatic carbocycles. The molecule has 1 aromatic heterocycles. The van der Waals surface area contributed by atoms with E-state index in [4.69, 9.17) is 9.73 Å². The van der Waals surface area contributed by atoms with Gasteiger partial charge in [-0.3, -0.25) is 14.2 Å². The molecule has 2 heterocycles. The molecule has 2 N–H and O–H groups in total. The van der Waals surface area contributed by atoms with Crippen molar-refractivity contribution in [1.82, 2.24) is 4.57 Å². The van der Waals surface area contributed by atoms with Gasteiger partial charge in [0, 0.05) is 11.3 Å². The van der Waals surface area contributed by atoms with Gasteiger partial charge in [0.25, 0.3) is 11.5 Å². The van der Waals surface area contributed by atoms with Crippen LogP contribution < -0.4 is 24.9 Å². The zero-order valence-corrected chi connectivity index (χ0v) is 22.6.